The number of amides is 1. The Hall–Kier alpha value is -3.46. The zero-order chi connectivity index (χ0) is 19.5. The third-order valence-electron chi connectivity index (χ3n) is 4.16. The summed E-state index contributed by atoms with van der Waals surface area (Å²) < 4.78 is 23.7. The number of carbonyl (C=O) groups is 1. The number of nitrogens with zero attached hydrogens (tertiary/aromatic N) is 2. The van der Waals surface area contributed by atoms with E-state index in [4.69, 9.17) is 9.47 Å². The first kappa shape index (κ1) is 17.9. The molecule has 2 aromatic heterocycles. The molecule has 1 amide bonds. The van der Waals surface area contributed by atoms with Crippen LogP contribution in [0.5, 0.6) is 5.75 Å². The van der Waals surface area contributed by atoms with Crippen LogP contribution in [0.1, 0.15) is 11.6 Å². The van der Waals surface area contributed by atoms with E-state index in [9.17, 15) is 9.18 Å². The minimum atomic E-state index is -0.341. The first-order valence-electron chi connectivity index (χ1n) is 8.62. The number of halogens is 1. The number of hydrogen-bond acceptors (Lipinski definition) is 5. The number of benzene rings is 2. The average Bonchev–Trinajstić information content (AvgIpc) is 3.28. The number of carbonyl (C=O) groups excluding carboxylic acids is 1. The number of H-pyrrole nitrogens is 2. The van der Waals surface area contributed by atoms with Crippen LogP contribution in [-0.4, -0.2) is 39.6 Å². The number of hydrogen-bond donors (Lipinski definition) is 3. The van der Waals surface area contributed by atoms with Crippen LogP contribution in [0.2, 0.25) is 0 Å². The number of ether oxygens (including phenoxy) is 2. The van der Waals surface area contributed by atoms with Crippen molar-refractivity contribution in [1.29, 1.82) is 0 Å². The second-order valence-corrected chi connectivity index (χ2v) is 6.18. The summed E-state index contributed by atoms with van der Waals surface area (Å²) in [6.07, 6.45) is 0. The Balaban J connectivity index is 1.27. The molecular weight excluding hydrogens is 365 g/mol. The number of methoxy groups -OCH3 is 1. The van der Waals surface area contributed by atoms with E-state index >= 15 is 0 Å². The van der Waals surface area contributed by atoms with E-state index in [-0.39, 0.29) is 31.5 Å². The number of rotatable bonds is 7. The minimum Gasteiger partial charge on any atom is -0.497 e. The smallest absolute Gasteiger partial charge is 0.246 e. The van der Waals surface area contributed by atoms with Crippen LogP contribution in [-0.2, 0) is 22.7 Å². The van der Waals surface area contributed by atoms with E-state index < -0.39 is 0 Å². The van der Waals surface area contributed by atoms with Crippen molar-refractivity contribution in [3.8, 4) is 5.75 Å². The van der Waals surface area contributed by atoms with Gasteiger partial charge in [0.1, 0.15) is 36.4 Å². The summed E-state index contributed by atoms with van der Waals surface area (Å²) in [7, 11) is 1.60. The van der Waals surface area contributed by atoms with Gasteiger partial charge in [-0.1, -0.05) is 0 Å². The van der Waals surface area contributed by atoms with E-state index in [0.29, 0.717) is 22.7 Å². The van der Waals surface area contributed by atoms with Crippen LogP contribution in [0.15, 0.2) is 36.4 Å². The summed E-state index contributed by atoms with van der Waals surface area (Å²) in [5.74, 6) is 1.27. The van der Waals surface area contributed by atoms with Crippen LogP contribution in [0.3, 0.4) is 0 Å². The maximum Gasteiger partial charge on any atom is 0.246 e. The molecular formula is C19H18FN5O3. The fourth-order valence-corrected chi connectivity index (χ4v) is 2.83. The Morgan fingerprint density at radius 2 is 1.79 bits per heavy atom. The highest BCUT2D eigenvalue weighted by atomic mass is 19.1. The summed E-state index contributed by atoms with van der Waals surface area (Å²) >= 11 is 0. The van der Waals surface area contributed by atoms with Gasteiger partial charge in [0.2, 0.25) is 5.91 Å². The normalized spacial score (nSPS) is 11.2. The lowest BCUT2D eigenvalue weighted by atomic mass is 10.3. The van der Waals surface area contributed by atoms with Crippen molar-refractivity contribution in [3.63, 3.8) is 0 Å². The van der Waals surface area contributed by atoms with Gasteiger partial charge in [0.15, 0.2) is 0 Å². The summed E-state index contributed by atoms with van der Waals surface area (Å²) in [6.45, 7) is 0.247. The molecule has 0 spiro atoms. The van der Waals surface area contributed by atoms with Gasteiger partial charge in [0.25, 0.3) is 0 Å². The summed E-state index contributed by atoms with van der Waals surface area (Å²) in [6, 6.07) is 9.80. The lowest BCUT2D eigenvalue weighted by Gasteiger charge is -2.03. The Labute approximate surface area is 159 Å². The standard InChI is InChI=1S/C19H18FN5O3/c1-27-12-3-5-14-16(7-12)24-17(22-14)8-21-19(26)10-28-9-18-23-13-4-2-11(20)6-15(13)25-18/h2-7H,8-10H2,1H3,(H,21,26)(H,22,24)(H,23,25). The molecule has 2 aromatic carbocycles. The predicted octanol–water partition coefficient (Wildman–Crippen LogP) is 2.42. The van der Waals surface area contributed by atoms with Crippen molar-refractivity contribution < 1.29 is 18.7 Å². The zero-order valence-electron chi connectivity index (χ0n) is 15.1. The van der Waals surface area contributed by atoms with Gasteiger partial charge in [-0.25, -0.2) is 14.4 Å². The first-order valence-corrected chi connectivity index (χ1v) is 8.62. The molecule has 0 aliphatic carbocycles. The molecule has 0 aliphatic rings. The van der Waals surface area contributed by atoms with E-state index in [1.165, 1.54) is 12.1 Å². The first-order chi connectivity index (χ1) is 13.6. The maximum absolute atomic E-state index is 13.2. The fourth-order valence-electron chi connectivity index (χ4n) is 2.83. The van der Waals surface area contributed by atoms with Gasteiger partial charge in [0.05, 0.1) is 35.7 Å². The second kappa shape index (κ2) is 7.65. The van der Waals surface area contributed by atoms with Crippen molar-refractivity contribution in [2.45, 2.75) is 13.2 Å². The number of imidazole rings is 2. The molecule has 0 unspecified atom stereocenters. The number of nitrogens with one attached hydrogen (secondary N) is 3. The fraction of sp³-hybridized carbons (Fsp3) is 0.211. The molecule has 8 nitrogen and oxygen atoms in total. The van der Waals surface area contributed by atoms with Crippen LogP contribution in [0.25, 0.3) is 22.1 Å². The van der Waals surface area contributed by atoms with Crippen molar-refractivity contribution in [1.82, 2.24) is 25.3 Å². The van der Waals surface area contributed by atoms with Crippen LogP contribution in [0.4, 0.5) is 4.39 Å². The quantitative estimate of drug-likeness (QED) is 0.455. The van der Waals surface area contributed by atoms with E-state index in [0.717, 1.165) is 16.8 Å². The monoisotopic (exact) mass is 383 g/mol. The third-order valence-corrected chi connectivity index (χ3v) is 4.16. The lowest BCUT2D eigenvalue weighted by Crippen LogP contribution is -2.27. The number of fused-ring (bicyclic) bond motifs is 2. The molecule has 0 atom stereocenters. The predicted molar refractivity (Wildman–Crippen MR) is 100 cm³/mol. The highest BCUT2D eigenvalue weighted by Gasteiger charge is 2.08. The Bertz CT molecular complexity index is 1140. The van der Waals surface area contributed by atoms with Gasteiger partial charge in [-0.15, -0.1) is 0 Å². The summed E-state index contributed by atoms with van der Waals surface area (Å²) in [5.41, 5.74) is 2.86. The Kier molecular flexibility index (Phi) is 4.90. The van der Waals surface area contributed by atoms with Crippen molar-refractivity contribution in [3.05, 3.63) is 53.9 Å². The highest BCUT2D eigenvalue weighted by molar-refractivity contribution is 5.78. The molecule has 4 aromatic rings. The van der Waals surface area contributed by atoms with Gasteiger partial charge in [-0.2, -0.15) is 0 Å². The van der Waals surface area contributed by atoms with E-state index in [1.54, 1.807) is 13.2 Å². The molecule has 0 aliphatic heterocycles. The van der Waals surface area contributed by atoms with Gasteiger partial charge in [-0.3, -0.25) is 4.79 Å². The van der Waals surface area contributed by atoms with Crippen molar-refractivity contribution in [2.24, 2.45) is 0 Å². The second-order valence-electron chi connectivity index (χ2n) is 6.18. The molecule has 0 fully saturated rings. The Morgan fingerprint density at radius 3 is 2.61 bits per heavy atom. The molecule has 28 heavy (non-hydrogen) atoms. The SMILES string of the molecule is COc1ccc2nc(CNC(=O)COCc3nc4ccc(F)cc4[nH]3)[nH]c2c1. The molecule has 3 N–H and O–H groups in total. The highest BCUT2D eigenvalue weighted by Crippen LogP contribution is 2.18. The van der Waals surface area contributed by atoms with Crippen LogP contribution >= 0.6 is 0 Å². The molecule has 0 radical (unpaired) electrons. The molecule has 4 rings (SSSR count). The van der Waals surface area contributed by atoms with Crippen LogP contribution < -0.4 is 10.1 Å². The summed E-state index contributed by atoms with van der Waals surface area (Å²) in [5, 5.41) is 2.74. The summed E-state index contributed by atoms with van der Waals surface area (Å²) in [4.78, 5) is 26.7. The molecule has 0 saturated carbocycles. The molecule has 9 heteroatoms. The van der Waals surface area contributed by atoms with Gasteiger partial charge < -0.3 is 24.8 Å². The van der Waals surface area contributed by atoms with Gasteiger partial charge in [-0.05, 0) is 30.3 Å². The average molecular weight is 383 g/mol. The van der Waals surface area contributed by atoms with Crippen LogP contribution in [0, 0.1) is 5.82 Å². The van der Waals surface area contributed by atoms with E-state index in [1.807, 2.05) is 18.2 Å². The molecule has 0 saturated heterocycles. The molecule has 2 heterocycles. The largest absolute Gasteiger partial charge is 0.497 e. The number of aromatic amines is 2. The molecule has 0 bridgehead atoms. The maximum atomic E-state index is 13.2. The topological polar surface area (TPSA) is 105 Å². The third kappa shape index (κ3) is 3.94. The van der Waals surface area contributed by atoms with Crippen molar-refractivity contribution in [2.75, 3.05) is 13.7 Å². The van der Waals surface area contributed by atoms with Crippen molar-refractivity contribution >= 4 is 28.0 Å². The minimum absolute atomic E-state index is 0.119. The Morgan fingerprint density at radius 1 is 1.07 bits per heavy atom. The zero-order valence-corrected chi connectivity index (χ0v) is 15.1. The van der Waals surface area contributed by atoms with Gasteiger partial charge in [0, 0.05) is 6.07 Å². The molecule has 144 valence electrons. The number of aromatic nitrogens is 4. The lowest BCUT2D eigenvalue weighted by molar-refractivity contribution is -0.126. The van der Waals surface area contributed by atoms with Gasteiger partial charge >= 0.3 is 0 Å². The van der Waals surface area contributed by atoms with E-state index in [2.05, 4.69) is 25.3 Å².